The van der Waals surface area contributed by atoms with Crippen molar-refractivity contribution in [3.8, 4) is 0 Å². The summed E-state index contributed by atoms with van der Waals surface area (Å²) < 4.78 is 0. The first-order valence-electron chi connectivity index (χ1n) is 15.3. The number of rotatable bonds is 10. The quantitative estimate of drug-likeness (QED) is 0.206. The van der Waals surface area contributed by atoms with E-state index >= 15 is 0 Å². The van der Waals surface area contributed by atoms with Crippen LogP contribution in [0.4, 0.5) is 0 Å². The van der Waals surface area contributed by atoms with Gasteiger partial charge in [-0.05, 0) is 88.8 Å². The van der Waals surface area contributed by atoms with Crippen molar-refractivity contribution in [1.29, 1.82) is 0 Å². The third-order valence-electron chi connectivity index (χ3n) is 8.13. The summed E-state index contributed by atoms with van der Waals surface area (Å²) in [6, 6.07) is 0. The number of unbranched alkanes of at least 4 members (excludes halogenated alkanes) is 2. The Morgan fingerprint density at radius 2 is 0.974 bits per heavy atom. The van der Waals surface area contributed by atoms with Gasteiger partial charge in [-0.2, -0.15) is 0 Å². The van der Waals surface area contributed by atoms with Crippen molar-refractivity contribution in [2.24, 2.45) is 11.8 Å². The Balaban J connectivity index is 1.42. The van der Waals surface area contributed by atoms with Gasteiger partial charge in [-0.25, -0.2) is 0 Å². The molecule has 0 aromatic rings. The lowest BCUT2D eigenvalue weighted by Gasteiger charge is -2.36. The molecule has 0 aromatic carbocycles. The summed E-state index contributed by atoms with van der Waals surface area (Å²) in [7, 11) is -3.58. The highest BCUT2D eigenvalue weighted by Gasteiger charge is 2.39. The Morgan fingerprint density at radius 3 is 1.33 bits per heavy atom. The zero-order valence-electron chi connectivity index (χ0n) is 26.5. The van der Waals surface area contributed by atoms with E-state index in [9.17, 15) is 0 Å². The zero-order chi connectivity index (χ0) is 28.6. The molecule has 0 radical (unpaired) electrons. The van der Waals surface area contributed by atoms with Gasteiger partial charge < -0.3 is 9.96 Å². The van der Waals surface area contributed by atoms with E-state index in [0.29, 0.717) is 11.8 Å². The van der Waals surface area contributed by atoms with E-state index in [4.69, 9.17) is 0 Å². The average molecular weight is 559 g/mol. The number of hydrogen-bond donors (Lipinski definition) is 2. The van der Waals surface area contributed by atoms with Gasteiger partial charge in [-0.15, -0.1) is 0 Å². The normalized spacial score (nSPS) is 23.0. The second-order valence-corrected chi connectivity index (χ2v) is 23.1. The van der Waals surface area contributed by atoms with Gasteiger partial charge in [0, 0.05) is 22.9 Å². The maximum absolute atomic E-state index is 4.05. The molecule has 2 N–H and O–H groups in total. The Morgan fingerprint density at radius 1 is 0.590 bits per heavy atom. The van der Waals surface area contributed by atoms with Crippen LogP contribution in [-0.4, -0.2) is 27.5 Å². The van der Waals surface area contributed by atoms with Crippen LogP contribution in [0, 0.1) is 11.8 Å². The molecule has 0 spiro atoms. The molecule has 0 amide bonds. The van der Waals surface area contributed by atoms with Gasteiger partial charge in [-0.1, -0.05) is 105 Å². The van der Waals surface area contributed by atoms with Crippen LogP contribution in [-0.2, 0) is 0 Å². The molecule has 4 heteroatoms. The molecule has 0 saturated heterocycles. The Bertz CT molecular complexity index is 1110. The summed E-state index contributed by atoms with van der Waals surface area (Å²) in [5, 5.41) is 3.33. The number of allylic oxidation sites excluding steroid dienone is 16. The molecule has 4 aliphatic rings. The maximum atomic E-state index is 4.05. The van der Waals surface area contributed by atoms with Crippen LogP contribution in [0.5, 0.6) is 0 Å². The van der Waals surface area contributed by atoms with Gasteiger partial charge in [0.15, 0.2) is 16.5 Å². The van der Waals surface area contributed by atoms with Crippen LogP contribution in [0.2, 0.25) is 26.2 Å². The van der Waals surface area contributed by atoms with E-state index in [1.165, 1.54) is 32.1 Å². The topological polar surface area (TPSA) is 24.1 Å². The second-order valence-electron chi connectivity index (χ2n) is 15.1. The van der Waals surface area contributed by atoms with Crippen LogP contribution in [0.3, 0.4) is 0 Å². The molecular formula is C35H54N2Si2. The molecular weight excluding hydrogens is 505 g/mol. The van der Waals surface area contributed by atoms with Crippen LogP contribution >= 0.6 is 0 Å². The molecule has 4 aliphatic carbocycles. The van der Waals surface area contributed by atoms with E-state index in [2.05, 4.69) is 138 Å². The molecule has 0 aliphatic heterocycles. The first-order valence-corrected chi connectivity index (χ1v) is 21.3. The average Bonchev–Trinajstić information content (AvgIpc) is 3.34. The van der Waals surface area contributed by atoms with Gasteiger partial charge in [0.25, 0.3) is 0 Å². The summed E-state index contributed by atoms with van der Waals surface area (Å²) in [5.41, 5.74) is 6.59. The summed E-state index contributed by atoms with van der Waals surface area (Å²) in [6.07, 6.45) is 29.8. The minimum absolute atomic E-state index is 0.127. The van der Waals surface area contributed by atoms with Crippen LogP contribution in [0.25, 0.3) is 0 Å². The Hall–Kier alpha value is -1.73. The van der Waals surface area contributed by atoms with Gasteiger partial charge in [0.1, 0.15) is 0 Å². The summed E-state index contributed by atoms with van der Waals surface area (Å²) >= 11 is 0. The highest BCUT2D eigenvalue weighted by Crippen LogP contribution is 2.43. The van der Waals surface area contributed by atoms with Crippen molar-refractivity contribution >= 4 is 16.5 Å². The van der Waals surface area contributed by atoms with Gasteiger partial charge in [-0.3, -0.25) is 0 Å². The molecule has 2 nitrogen and oxygen atoms in total. The second kappa shape index (κ2) is 11.3. The standard InChI is InChI=1S/C35H54N2Si2/c1-34(2,3)36-38(7,8)32-28(24-26-18-14-16-22-30(26)32)20-12-11-13-21-29-25-27-19-15-17-23-31(27)33(29)39(9,10)37-35(4,5)6/h14-19,22-27,36-37H,11-13,20-21H2,1-10H3. The van der Waals surface area contributed by atoms with E-state index < -0.39 is 16.5 Å². The number of fused-ring (bicyclic) bond motifs is 2. The van der Waals surface area contributed by atoms with Crippen molar-refractivity contribution < 1.29 is 0 Å². The van der Waals surface area contributed by atoms with E-state index in [1.54, 1.807) is 32.7 Å². The third kappa shape index (κ3) is 7.32. The molecule has 212 valence electrons. The van der Waals surface area contributed by atoms with E-state index in [0.717, 1.165) is 0 Å². The lowest BCUT2D eigenvalue weighted by atomic mass is 9.98. The predicted molar refractivity (Wildman–Crippen MR) is 178 cm³/mol. The molecule has 0 bridgehead atoms. The van der Waals surface area contributed by atoms with Crippen LogP contribution in [0.15, 0.2) is 93.4 Å². The molecule has 0 fully saturated rings. The predicted octanol–water partition coefficient (Wildman–Crippen LogP) is 9.16. The molecule has 39 heavy (non-hydrogen) atoms. The number of hydrogen-bond acceptors (Lipinski definition) is 2. The largest absolute Gasteiger partial charge is 0.329 e. The monoisotopic (exact) mass is 558 g/mol. The fourth-order valence-electron chi connectivity index (χ4n) is 7.63. The highest BCUT2D eigenvalue weighted by molar-refractivity contribution is 6.83. The van der Waals surface area contributed by atoms with Crippen molar-refractivity contribution in [2.75, 3.05) is 0 Å². The van der Waals surface area contributed by atoms with Crippen molar-refractivity contribution in [2.45, 2.75) is 111 Å². The maximum Gasteiger partial charge on any atom is 0.152 e. The van der Waals surface area contributed by atoms with Crippen molar-refractivity contribution in [1.82, 2.24) is 9.96 Å². The molecule has 2 atom stereocenters. The van der Waals surface area contributed by atoms with Crippen LogP contribution < -0.4 is 9.96 Å². The smallest absolute Gasteiger partial charge is 0.152 e. The third-order valence-corrected chi connectivity index (χ3v) is 14.6. The fourth-order valence-corrected chi connectivity index (χ4v) is 15.6. The molecule has 0 heterocycles. The van der Waals surface area contributed by atoms with Crippen molar-refractivity contribution in [3.63, 3.8) is 0 Å². The summed E-state index contributed by atoms with van der Waals surface area (Å²) in [6.45, 7) is 23.9. The van der Waals surface area contributed by atoms with Gasteiger partial charge in [0.2, 0.25) is 0 Å². The first kappa shape index (κ1) is 30.2. The first-order chi connectivity index (χ1) is 18.1. The van der Waals surface area contributed by atoms with Crippen LogP contribution in [0.1, 0.15) is 73.6 Å². The molecule has 0 aromatic heterocycles. The fraction of sp³-hybridized carbons (Fsp3) is 0.543. The minimum atomic E-state index is -1.79. The van der Waals surface area contributed by atoms with Gasteiger partial charge >= 0.3 is 0 Å². The Kier molecular flexibility index (Phi) is 8.74. The van der Waals surface area contributed by atoms with Gasteiger partial charge in [0.05, 0.1) is 0 Å². The van der Waals surface area contributed by atoms with E-state index in [-0.39, 0.29) is 11.1 Å². The summed E-state index contributed by atoms with van der Waals surface area (Å²) in [5.74, 6) is 0.941. The molecule has 4 rings (SSSR count). The molecule has 0 saturated carbocycles. The Labute approximate surface area is 242 Å². The zero-order valence-corrected chi connectivity index (χ0v) is 28.5. The van der Waals surface area contributed by atoms with E-state index in [1.807, 2.05) is 0 Å². The lowest BCUT2D eigenvalue weighted by molar-refractivity contribution is 0.513. The summed E-state index contributed by atoms with van der Waals surface area (Å²) in [4.78, 5) is 8.11. The minimum Gasteiger partial charge on any atom is -0.329 e. The lowest BCUT2D eigenvalue weighted by Crippen LogP contribution is -2.56. The van der Waals surface area contributed by atoms with Crippen molar-refractivity contribution in [3.05, 3.63) is 93.4 Å². The number of nitrogens with one attached hydrogen (secondary N) is 2. The SMILES string of the molecule is CC(C)(C)N[Si](C)(C)C1=C2C=CC=CC2C=C1CCCCCC1=CC2C=CC=CC2=C1[Si](C)(C)NC(C)(C)C. The highest BCUT2D eigenvalue weighted by atomic mass is 28.3. The molecule has 2 unspecified atom stereocenters.